The summed E-state index contributed by atoms with van der Waals surface area (Å²) in [5, 5.41) is 12.6. The van der Waals surface area contributed by atoms with Crippen LogP contribution in [-0.4, -0.2) is 24.2 Å². The van der Waals surface area contributed by atoms with Crippen molar-refractivity contribution in [1.82, 2.24) is 0 Å². The van der Waals surface area contributed by atoms with Gasteiger partial charge in [-0.2, -0.15) is 0 Å². The zero-order chi connectivity index (χ0) is 19.5. The summed E-state index contributed by atoms with van der Waals surface area (Å²) in [6.07, 6.45) is 0. The van der Waals surface area contributed by atoms with Gasteiger partial charge in [-0.3, -0.25) is 4.79 Å². The Kier molecular flexibility index (Phi) is 5.19. The predicted octanol–water partition coefficient (Wildman–Crippen LogP) is 4.24. The second-order valence-corrected chi connectivity index (χ2v) is 6.81. The van der Waals surface area contributed by atoms with E-state index in [-0.39, 0.29) is 24.2 Å². The van der Waals surface area contributed by atoms with Crippen molar-refractivity contribution in [1.29, 1.82) is 0 Å². The molecule has 0 radical (unpaired) electrons. The van der Waals surface area contributed by atoms with Crippen LogP contribution in [0.15, 0.2) is 66.7 Å². The van der Waals surface area contributed by atoms with E-state index in [9.17, 15) is 14.3 Å². The lowest BCUT2D eigenvalue weighted by Gasteiger charge is -2.25. The van der Waals surface area contributed by atoms with Crippen LogP contribution in [-0.2, 0) is 16.1 Å². The van der Waals surface area contributed by atoms with Gasteiger partial charge in [0.25, 0.3) is 0 Å². The van der Waals surface area contributed by atoms with Crippen LogP contribution in [0.2, 0.25) is 0 Å². The van der Waals surface area contributed by atoms with Gasteiger partial charge in [0.15, 0.2) is 0 Å². The Labute approximate surface area is 162 Å². The van der Waals surface area contributed by atoms with Crippen molar-refractivity contribution in [3.05, 3.63) is 78.1 Å². The smallest absolute Gasteiger partial charge is 0.232 e. The number of benzene rings is 3. The number of carbonyl (C=O) groups is 1. The summed E-state index contributed by atoms with van der Waals surface area (Å²) in [5.74, 6) is -0.545. The molecule has 1 fully saturated rings. The monoisotopic (exact) mass is 377 g/mol. The first kappa shape index (κ1) is 18.3. The van der Waals surface area contributed by atoms with Gasteiger partial charge in [0, 0.05) is 11.3 Å². The number of halogens is 1. The van der Waals surface area contributed by atoms with E-state index in [1.807, 2.05) is 42.5 Å². The summed E-state index contributed by atoms with van der Waals surface area (Å²) in [6, 6.07) is 19.5. The SMILES string of the molecule is O=C(Nc1ccc(-c2ccccc2CO)cc1-c1ccc(F)cc1)C1COC1. The van der Waals surface area contributed by atoms with Crippen molar-refractivity contribution in [3.8, 4) is 22.3 Å². The van der Waals surface area contributed by atoms with Crippen molar-refractivity contribution in [2.75, 3.05) is 18.5 Å². The molecule has 0 spiro atoms. The Morgan fingerprint density at radius 2 is 1.71 bits per heavy atom. The van der Waals surface area contributed by atoms with Crippen LogP contribution in [0.3, 0.4) is 0 Å². The Morgan fingerprint density at radius 1 is 1.00 bits per heavy atom. The molecule has 28 heavy (non-hydrogen) atoms. The fourth-order valence-corrected chi connectivity index (χ4v) is 3.25. The lowest BCUT2D eigenvalue weighted by Crippen LogP contribution is -2.38. The highest BCUT2D eigenvalue weighted by Gasteiger charge is 2.27. The van der Waals surface area contributed by atoms with Gasteiger partial charge < -0.3 is 15.2 Å². The topological polar surface area (TPSA) is 58.6 Å². The standard InChI is InChI=1S/C23H20FNO3/c24-19-8-5-15(6-9-19)21-11-16(20-4-2-1-3-17(20)12-26)7-10-22(21)25-23(27)18-13-28-14-18/h1-11,18,26H,12-14H2,(H,25,27). The van der Waals surface area contributed by atoms with Gasteiger partial charge >= 0.3 is 0 Å². The van der Waals surface area contributed by atoms with E-state index in [4.69, 9.17) is 4.74 Å². The molecule has 1 aliphatic heterocycles. The van der Waals surface area contributed by atoms with Crippen LogP contribution in [0.1, 0.15) is 5.56 Å². The van der Waals surface area contributed by atoms with Crippen molar-refractivity contribution in [3.63, 3.8) is 0 Å². The maximum absolute atomic E-state index is 13.4. The van der Waals surface area contributed by atoms with Crippen LogP contribution < -0.4 is 5.32 Å². The number of nitrogens with one attached hydrogen (secondary N) is 1. The maximum Gasteiger partial charge on any atom is 0.232 e. The molecule has 1 heterocycles. The predicted molar refractivity (Wildman–Crippen MR) is 106 cm³/mol. The Hall–Kier alpha value is -3.02. The summed E-state index contributed by atoms with van der Waals surface area (Å²) >= 11 is 0. The Bertz CT molecular complexity index is 997. The average molecular weight is 377 g/mol. The van der Waals surface area contributed by atoms with Gasteiger partial charge in [-0.25, -0.2) is 4.39 Å². The molecule has 142 valence electrons. The summed E-state index contributed by atoms with van der Waals surface area (Å²) < 4.78 is 18.5. The third-order valence-corrected chi connectivity index (χ3v) is 4.94. The number of aliphatic hydroxyl groups is 1. The average Bonchev–Trinajstić information content (AvgIpc) is 2.67. The zero-order valence-corrected chi connectivity index (χ0v) is 15.2. The summed E-state index contributed by atoms with van der Waals surface area (Å²) in [5.41, 5.74) is 4.89. The first-order valence-corrected chi connectivity index (χ1v) is 9.13. The second kappa shape index (κ2) is 7.92. The molecule has 0 atom stereocenters. The normalized spacial score (nSPS) is 13.8. The highest BCUT2D eigenvalue weighted by molar-refractivity contribution is 5.98. The number of aliphatic hydroxyl groups excluding tert-OH is 1. The van der Waals surface area contributed by atoms with Crippen molar-refractivity contribution < 1.29 is 19.0 Å². The van der Waals surface area contributed by atoms with Gasteiger partial charge in [0.05, 0.1) is 25.7 Å². The Morgan fingerprint density at radius 3 is 2.39 bits per heavy atom. The molecule has 1 aliphatic rings. The molecule has 5 heteroatoms. The van der Waals surface area contributed by atoms with Crippen LogP contribution in [0, 0.1) is 11.7 Å². The number of carbonyl (C=O) groups excluding carboxylic acids is 1. The minimum absolute atomic E-state index is 0.0672. The zero-order valence-electron chi connectivity index (χ0n) is 15.2. The molecule has 0 aliphatic carbocycles. The van der Waals surface area contributed by atoms with Crippen molar-refractivity contribution in [2.24, 2.45) is 5.92 Å². The second-order valence-electron chi connectivity index (χ2n) is 6.81. The molecule has 2 N–H and O–H groups in total. The highest BCUT2D eigenvalue weighted by atomic mass is 19.1. The highest BCUT2D eigenvalue weighted by Crippen LogP contribution is 2.34. The molecule has 0 bridgehead atoms. The van der Waals surface area contributed by atoms with Gasteiger partial charge in [-0.05, 0) is 46.5 Å². The lowest BCUT2D eigenvalue weighted by atomic mass is 9.94. The van der Waals surface area contributed by atoms with E-state index in [1.165, 1.54) is 12.1 Å². The largest absolute Gasteiger partial charge is 0.392 e. The maximum atomic E-state index is 13.4. The molecule has 0 unspecified atom stereocenters. The number of hydrogen-bond acceptors (Lipinski definition) is 3. The summed E-state index contributed by atoms with van der Waals surface area (Å²) in [4.78, 5) is 12.4. The van der Waals surface area contributed by atoms with Gasteiger partial charge in [0.2, 0.25) is 5.91 Å². The summed E-state index contributed by atoms with van der Waals surface area (Å²) in [6.45, 7) is 0.793. The molecule has 0 saturated carbocycles. The molecular weight excluding hydrogens is 357 g/mol. The molecule has 4 rings (SSSR count). The van der Waals surface area contributed by atoms with Gasteiger partial charge in [-0.15, -0.1) is 0 Å². The molecule has 3 aromatic carbocycles. The first-order chi connectivity index (χ1) is 13.7. The fourth-order valence-electron chi connectivity index (χ4n) is 3.25. The van der Waals surface area contributed by atoms with E-state index in [1.54, 1.807) is 12.1 Å². The molecule has 1 saturated heterocycles. The van der Waals surface area contributed by atoms with Crippen molar-refractivity contribution >= 4 is 11.6 Å². The van der Waals surface area contributed by atoms with Crippen LogP contribution in [0.5, 0.6) is 0 Å². The lowest BCUT2D eigenvalue weighted by molar-refractivity contribution is -0.133. The van der Waals surface area contributed by atoms with Gasteiger partial charge in [-0.1, -0.05) is 42.5 Å². The van der Waals surface area contributed by atoms with E-state index in [2.05, 4.69) is 5.32 Å². The van der Waals surface area contributed by atoms with E-state index < -0.39 is 0 Å². The molecule has 0 aromatic heterocycles. The van der Waals surface area contributed by atoms with E-state index in [0.29, 0.717) is 18.9 Å². The molecule has 1 amide bonds. The quantitative estimate of drug-likeness (QED) is 0.699. The van der Waals surface area contributed by atoms with Crippen molar-refractivity contribution in [2.45, 2.75) is 6.61 Å². The number of amides is 1. The third-order valence-electron chi connectivity index (χ3n) is 4.94. The fraction of sp³-hybridized carbons (Fsp3) is 0.174. The molecular formula is C23H20FNO3. The van der Waals surface area contributed by atoms with Crippen LogP contribution >= 0.6 is 0 Å². The van der Waals surface area contributed by atoms with Crippen LogP contribution in [0.25, 0.3) is 22.3 Å². The minimum atomic E-state index is -0.317. The number of rotatable bonds is 5. The van der Waals surface area contributed by atoms with E-state index in [0.717, 1.165) is 27.8 Å². The Balaban J connectivity index is 1.77. The first-order valence-electron chi connectivity index (χ1n) is 9.13. The number of anilines is 1. The van der Waals surface area contributed by atoms with Gasteiger partial charge in [0.1, 0.15) is 5.82 Å². The van der Waals surface area contributed by atoms with Crippen LogP contribution in [0.4, 0.5) is 10.1 Å². The summed E-state index contributed by atoms with van der Waals surface area (Å²) in [7, 11) is 0. The molecule has 4 nitrogen and oxygen atoms in total. The number of hydrogen-bond donors (Lipinski definition) is 2. The van der Waals surface area contributed by atoms with E-state index >= 15 is 0 Å². The third kappa shape index (κ3) is 3.67. The number of ether oxygens (including phenoxy) is 1. The minimum Gasteiger partial charge on any atom is -0.392 e. The molecule has 3 aromatic rings.